The number of hydrogen-bond donors (Lipinski definition) is 1. The third-order valence-corrected chi connectivity index (χ3v) is 6.20. The summed E-state index contributed by atoms with van der Waals surface area (Å²) in [5, 5.41) is 10.0. The van der Waals surface area contributed by atoms with Crippen molar-refractivity contribution in [3.63, 3.8) is 0 Å². The van der Waals surface area contributed by atoms with Crippen molar-refractivity contribution >= 4 is 11.0 Å². The molecule has 3 rings (SSSR count). The standard InChI is InChI=1S/C18H17FIN2O/c1-18(2,23)13-7-16-17(21-10-13)8-15(11-22-16)20-9-12-4-3-5-14(19)6-12/h3-8,10-11,23H,9H2,1-2H3/q-1. The van der Waals surface area contributed by atoms with Crippen molar-refractivity contribution in [1.82, 2.24) is 9.97 Å². The summed E-state index contributed by atoms with van der Waals surface area (Å²) in [5.41, 5.74) is 2.45. The summed E-state index contributed by atoms with van der Waals surface area (Å²) in [6.07, 6.45) is 3.56. The van der Waals surface area contributed by atoms with Gasteiger partial charge in [-0.25, -0.2) is 0 Å². The molecule has 0 saturated carbocycles. The Kier molecular flexibility index (Phi) is 4.59. The fourth-order valence-corrected chi connectivity index (χ4v) is 4.37. The first-order valence-electron chi connectivity index (χ1n) is 7.24. The van der Waals surface area contributed by atoms with Gasteiger partial charge in [0.2, 0.25) is 0 Å². The van der Waals surface area contributed by atoms with Crippen LogP contribution in [0.3, 0.4) is 0 Å². The van der Waals surface area contributed by atoms with Crippen LogP contribution in [-0.4, -0.2) is 15.1 Å². The second-order valence-corrected chi connectivity index (χ2v) is 8.64. The van der Waals surface area contributed by atoms with Gasteiger partial charge in [0, 0.05) is 0 Å². The van der Waals surface area contributed by atoms with Crippen molar-refractivity contribution in [2.45, 2.75) is 23.9 Å². The monoisotopic (exact) mass is 423 g/mol. The van der Waals surface area contributed by atoms with E-state index in [1.54, 1.807) is 32.2 Å². The van der Waals surface area contributed by atoms with Gasteiger partial charge in [0.05, 0.1) is 0 Å². The molecule has 0 atom stereocenters. The molecule has 0 saturated heterocycles. The van der Waals surface area contributed by atoms with Gasteiger partial charge in [-0.3, -0.25) is 0 Å². The van der Waals surface area contributed by atoms with Crippen LogP contribution < -0.4 is 21.2 Å². The van der Waals surface area contributed by atoms with Crippen LogP contribution in [0.2, 0.25) is 0 Å². The first-order valence-corrected chi connectivity index (χ1v) is 9.84. The zero-order valence-corrected chi connectivity index (χ0v) is 15.1. The number of hydrogen-bond acceptors (Lipinski definition) is 3. The summed E-state index contributed by atoms with van der Waals surface area (Å²) >= 11 is -0.289. The topological polar surface area (TPSA) is 46.0 Å². The van der Waals surface area contributed by atoms with Crippen molar-refractivity contribution in [3.05, 3.63) is 69.3 Å². The van der Waals surface area contributed by atoms with Crippen molar-refractivity contribution in [2.24, 2.45) is 0 Å². The third kappa shape index (κ3) is 4.03. The van der Waals surface area contributed by atoms with Gasteiger partial charge in [-0.05, 0) is 0 Å². The molecule has 1 aromatic carbocycles. The number of benzene rings is 1. The molecule has 0 aliphatic rings. The zero-order valence-electron chi connectivity index (χ0n) is 12.9. The summed E-state index contributed by atoms with van der Waals surface area (Å²) in [6, 6.07) is 10.7. The molecule has 2 aromatic heterocycles. The molecule has 0 aliphatic carbocycles. The van der Waals surface area contributed by atoms with Crippen molar-refractivity contribution < 1.29 is 30.7 Å². The third-order valence-electron chi connectivity index (χ3n) is 3.47. The first kappa shape index (κ1) is 16.3. The van der Waals surface area contributed by atoms with Gasteiger partial charge in [-0.2, -0.15) is 0 Å². The average molecular weight is 423 g/mol. The second kappa shape index (κ2) is 6.49. The van der Waals surface area contributed by atoms with E-state index in [-0.39, 0.29) is 27.0 Å². The molecule has 0 aliphatic heterocycles. The van der Waals surface area contributed by atoms with Gasteiger partial charge < -0.3 is 0 Å². The number of aromatic nitrogens is 2. The van der Waals surface area contributed by atoms with E-state index < -0.39 is 5.60 Å². The van der Waals surface area contributed by atoms with Gasteiger partial charge in [-0.1, -0.05) is 0 Å². The van der Waals surface area contributed by atoms with Crippen molar-refractivity contribution in [2.75, 3.05) is 0 Å². The summed E-state index contributed by atoms with van der Waals surface area (Å²) in [6.45, 7) is 3.46. The molecule has 3 nitrogen and oxygen atoms in total. The molecule has 0 fully saturated rings. The predicted octanol–water partition coefficient (Wildman–Crippen LogP) is 0.455. The van der Waals surface area contributed by atoms with E-state index in [1.165, 1.54) is 9.64 Å². The molecule has 0 unspecified atom stereocenters. The fraction of sp³-hybridized carbons (Fsp3) is 0.222. The van der Waals surface area contributed by atoms with E-state index in [0.717, 1.165) is 26.6 Å². The Morgan fingerprint density at radius 2 is 1.83 bits per heavy atom. The Balaban J connectivity index is 1.80. The predicted molar refractivity (Wildman–Crippen MR) is 83.6 cm³/mol. The Bertz CT molecular complexity index is 846. The summed E-state index contributed by atoms with van der Waals surface area (Å²) < 4.78 is 15.2. The molecule has 2 heterocycles. The summed E-state index contributed by atoms with van der Waals surface area (Å²) in [5.74, 6) is -0.191. The van der Waals surface area contributed by atoms with Gasteiger partial charge in [0.15, 0.2) is 0 Å². The molecular formula is C18H17FIN2O-. The Morgan fingerprint density at radius 1 is 1.09 bits per heavy atom. The molecule has 3 aromatic rings. The normalized spacial score (nSPS) is 12.0. The fourth-order valence-electron chi connectivity index (χ4n) is 2.16. The zero-order chi connectivity index (χ0) is 16.4. The average Bonchev–Trinajstić information content (AvgIpc) is 2.51. The van der Waals surface area contributed by atoms with Gasteiger partial charge in [0.1, 0.15) is 0 Å². The van der Waals surface area contributed by atoms with Crippen molar-refractivity contribution in [1.29, 1.82) is 0 Å². The molecule has 5 heteroatoms. The first-order chi connectivity index (χ1) is 10.9. The number of rotatable bonds is 4. The van der Waals surface area contributed by atoms with E-state index in [4.69, 9.17) is 0 Å². The SMILES string of the molecule is CC(C)(O)c1cnc2cc([I-]Cc3cccc(F)c3)cnc2c1. The van der Waals surface area contributed by atoms with E-state index in [9.17, 15) is 9.50 Å². The van der Waals surface area contributed by atoms with Gasteiger partial charge in [0.25, 0.3) is 0 Å². The van der Waals surface area contributed by atoms with Crippen LogP contribution in [-0.2, 0) is 10.0 Å². The summed E-state index contributed by atoms with van der Waals surface area (Å²) in [7, 11) is 0. The molecule has 0 radical (unpaired) electrons. The Hall–Kier alpha value is -1.60. The number of halogens is 2. The van der Waals surface area contributed by atoms with Crippen LogP contribution in [0, 0.1) is 9.39 Å². The van der Waals surface area contributed by atoms with Crippen LogP contribution in [0.25, 0.3) is 11.0 Å². The second-order valence-electron chi connectivity index (χ2n) is 5.87. The Morgan fingerprint density at radius 3 is 2.57 bits per heavy atom. The van der Waals surface area contributed by atoms with Gasteiger partial charge in [-0.15, -0.1) is 0 Å². The van der Waals surface area contributed by atoms with Crippen LogP contribution in [0.4, 0.5) is 4.39 Å². The number of alkyl halides is 1. The van der Waals surface area contributed by atoms with Gasteiger partial charge >= 0.3 is 145 Å². The van der Waals surface area contributed by atoms with E-state index in [1.807, 2.05) is 24.4 Å². The van der Waals surface area contributed by atoms with E-state index >= 15 is 0 Å². The quantitative estimate of drug-likeness (QED) is 0.490. The molecule has 0 bridgehead atoms. The molecule has 0 amide bonds. The van der Waals surface area contributed by atoms with E-state index in [0.29, 0.717) is 0 Å². The van der Waals surface area contributed by atoms with Crippen LogP contribution in [0.5, 0.6) is 0 Å². The number of fused-ring (bicyclic) bond motifs is 1. The number of nitrogens with zero attached hydrogens (tertiary/aromatic N) is 2. The minimum atomic E-state index is -0.925. The number of aliphatic hydroxyl groups is 1. The van der Waals surface area contributed by atoms with E-state index in [2.05, 4.69) is 9.97 Å². The summed E-state index contributed by atoms with van der Waals surface area (Å²) in [4.78, 5) is 8.88. The maximum atomic E-state index is 13.2. The number of pyridine rings is 2. The molecule has 1 N–H and O–H groups in total. The Labute approximate surface area is 144 Å². The minimum absolute atomic E-state index is 0.191. The molecular weight excluding hydrogens is 406 g/mol. The molecule has 120 valence electrons. The van der Waals surface area contributed by atoms with Crippen LogP contribution >= 0.6 is 0 Å². The van der Waals surface area contributed by atoms with Crippen LogP contribution in [0.15, 0.2) is 48.8 Å². The van der Waals surface area contributed by atoms with Crippen LogP contribution in [0.1, 0.15) is 25.0 Å². The molecule has 0 spiro atoms. The maximum absolute atomic E-state index is 13.2. The molecule has 23 heavy (non-hydrogen) atoms. The van der Waals surface area contributed by atoms with Crippen molar-refractivity contribution in [3.8, 4) is 0 Å².